The molecule has 124 valence electrons. The van der Waals surface area contributed by atoms with E-state index in [1.807, 2.05) is 37.4 Å². The molecule has 6 heteroatoms. The Hall–Kier alpha value is -2.34. The van der Waals surface area contributed by atoms with Crippen LogP contribution in [0.3, 0.4) is 0 Å². The monoisotopic (exact) mass is 387 g/mol. The van der Waals surface area contributed by atoms with Crippen molar-refractivity contribution in [2.75, 3.05) is 0 Å². The number of rotatable bonds is 4. The highest BCUT2D eigenvalue weighted by molar-refractivity contribution is 9.10. The molecule has 0 aliphatic heterocycles. The highest BCUT2D eigenvalue weighted by Gasteiger charge is 2.11. The summed E-state index contributed by atoms with van der Waals surface area (Å²) in [5.74, 6) is -0.144. The van der Waals surface area contributed by atoms with Crippen LogP contribution in [0.5, 0.6) is 0 Å². The van der Waals surface area contributed by atoms with Crippen LogP contribution in [0.15, 0.2) is 50.5 Å². The Morgan fingerprint density at radius 2 is 2.12 bits per heavy atom. The molecular weight excluding hydrogens is 370 g/mol. The molecular formula is C18H18BrN3O2. The Kier molecular flexibility index (Phi) is 4.57. The summed E-state index contributed by atoms with van der Waals surface area (Å²) in [4.78, 5) is 12.1. The van der Waals surface area contributed by atoms with Crippen LogP contribution in [0.2, 0.25) is 0 Å². The number of benzene rings is 1. The first-order chi connectivity index (χ1) is 11.4. The number of aromatic nitrogens is 1. The zero-order valence-corrected chi connectivity index (χ0v) is 15.3. The standard InChI is InChI=1S/C18H18BrN3O2/c1-11(2)22-10-13(6-12(22)3)9-20-21-18(23)17-8-14-7-15(19)4-5-16(14)24-17/h4-11H,1-3H3,(H,21,23)/b20-9+. The lowest BCUT2D eigenvalue weighted by molar-refractivity contribution is 0.0929. The summed E-state index contributed by atoms with van der Waals surface area (Å²) in [5.41, 5.74) is 5.25. The van der Waals surface area contributed by atoms with Crippen LogP contribution in [-0.4, -0.2) is 16.7 Å². The number of amides is 1. The summed E-state index contributed by atoms with van der Waals surface area (Å²) in [6, 6.07) is 9.69. The summed E-state index contributed by atoms with van der Waals surface area (Å²) in [5, 5.41) is 4.88. The quantitative estimate of drug-likeness (QED) is 0.523. The van der Waals surface area contributed by atoms with Gasteiger partial charge < -0.3 is 8.98 Å². The van der Waals surface area contributed by atoms with Crippen molar-refractivity contribution in [1.82, 2.24) is 9.99 Å². The predicted molar refractivity (Wildman–Crippen MR) is 98.5 cm³/mol. The molecule has 3 aromatic rings. The first-order valence-corrected chi connectivity index (χ1v) is 8.44. The molecule has 5 nitrogen and oxygen atoms in total. The minimum Gasteiger partial charge on any atom is -0.451 e. The number of fused-ring (bicyclic) bond motifs is 1. The van der Waals surface area contributed by atoms with Gasteiger partial charge in [0, 0.05) is 33.4 Å². The Morgan fingerprint density at radius 1 is 1.33 bits per heavy atom. The fraction of sp³-hybridized carbons (Fsp3) is 0.222. The van der Waals surface area contributed by atoms with Gasteiger partial charge in [-0.1, -0.05) is 15.9 Å². The van der Waals surface area contributed by atoms with Crippen molar-refractivity contribution in [3.63, 3.8) is 0 Å². The van der Waals surface area contributed by atoms with E-state index in [-0.39, 0.29) is 11.7 Å². The Morgan fingerprint density at radius 3 is 2.83 bits per heavy atom. The van der Waals surface area contributed by atoms with Crippen LogP contribution >= 0.6 is 15.9 Å². The van der Waals surface area contributed by atoms with E-state index < -0.39 is 0 Å². The average molecular weight is 388 g/mol. The second-order valence-corrected chi connectivity index (χ2v) is 6.82. The molecule has 0 unspecified atom stereocenters. The molecule has 1 amide bonds. The third-order valence-corrected chi connectivity index (χ3v) is 4.20. The van der Waals surface area contributed by atoms with Crippen LogP contribution in [0.1, 0.15) is 41.7 Å². The van der Waals surface area contributed by atoms with Crippen molar-refractivity contribution in [3.05, 3.63) is 58.0 Å². The molecule has 0 fully saturated rings. The molecule has 24 heavy (non-hydrogen) atoms. The first-order valence-electron chi connectivity index (χ1n) is 7.65. The Bertz CT molecular complexity index is 922. The van der Waals surface area contributed by atoms with Crippen molar-refractivity contribution in [2.45, 2.75) is 26.8 Å². The number of nitrogens with one attached hydrogen (secondary N) is 1. The van der Waals surface area contributed by atoms with E-state index in [0.717, 1.165) is 21.1 Å². The van der Waals surface area contributed by atoms with Gasteiger partial charge in [-0.3, -0.25) is 4.79 Å². The van der Waals surface area contributed by atoms with Crippen molar-refractivity contribution in [1.29, 1.82) is 0 Å². The summed E-state index contributed by atoms with van der Waals surface area (Å²) in [6.07, 6.45) is 3.64. The molecule has 0 radical (unpaired) electrons. The van der Waals surface area contributed by atoms with Gasteiger partial charge in [0.1, 0.15) is 5.58 Å². The predicted octanol–water partition coefficient (Wildman–Crippen LogP) is 4.65. The van der Waals surface area contributed by atoms with E-state index in [0.29, 0.717) is 11.6 Å². The third kappa shape index (κ3) is 3.43. The summed E-state index contributed by atoms with van der Waals surface area (Å²) < 4.78 is 8.62. The van der Waals surface area contributed by atoms with Crippen LogP contribution in [-0.2, 0) is 0 Å². The number of hydrogen-bond acceptors (Lipinski definition) is 3. The van der Waals surface area contributed by atoms with E-state index in [4.69, 9.17) is 4.42 Å². The molecule has 1 N–H and O–H groups in total. The second kappa shape index (κ2) is 6.65. The fourth-order valence-electron chi connectivity index (χ4n) is 2.59. The van der Waals surface area contributed by atoms with E-state index in [1.165, 1.54) is 0 Å². The number of furan rings is 1. The molecule has 0 aliphatic carbocycles. The van der Waals surface area contributed by atoms with Gasteiger partial charge in [0.05, 0.1) is 6.21 Å². The number of carbonyl (C=O) groups is 1. The van der Waals surface area contributed by atoms with Gasteiger partial charge in [-0.15, -0.1) is 0 Å². The molecule has 2 aromatic heterocycles. The lowest BCUT2D eigenvalue weighted by atomic mass is 10.2. The lowest BCUT2D eigenvalue weighted by Crippen LogP contribution is -2.16. The van der Waals surface area contributed by atoms with E-state index in [2.05, 4.69) is 44.9 Å². The Balaban J connectivity index is 1.71. The highest BCUT2D eigenvalue weighted by atomic mass is 79.9. The van der Waals surface area contributed by atoms with Crippen molar-refractivity contribution < 1.29 is 9.21 Å². The molecule has 3 rings (SSSR count). The maximum Gasteiger partial charge on any atom is 0.307 e. The number of nitrogens with zero attached hydrogens (tertiary/aromatic N) is 2. The molecule has 0 saturated carbocycles. The molecule has 2 heterocycles. The normalized spacial score (nSPS) is 11.7. The van der Waals surface area contributed by atoms with Crippen LogP contribution in [0.4, 0.5) is 0 Å². The van der Waals surface area contributed by atoms with E-state index in [9.17, 15) is 4.79 Å². The SMILES string of the molecule is Cc1cc(/C=N/NC(=O)c2cc3cc(Br)ccc3o2)cn1C(C)C. The van der Waals surface area contributed by atoms with Crippen LogP contribution in [0, 0.1) is 6.92 Å². The highest BCUT2D eigenvalue weighted by Crippen LogP contribution is 2.23. The molecule has 0 spiro atoms. The fourth-order valence-corrected chi connectivity index (χ4v) is 2.97. The second-order valence-electron chi connectivity index (χ2n) is 5.91. The third-order valence-electron chi connectivity index (χ3n) is 3.71. The Labute approximate surface area is 148 Å². The minimum absolute atomic E-state index is 0.233. The largest absolute Gasteiger partial charge is 0.451 e. The summed E-state index contributed by atoms with van der Waals surface area (Å²) in [6.45, 7) is 6.29. The molecule has 1 aromatic carbocycles. The molecule has 0 atom stereocenters. The van der Waals surface area contributed by atoms with Gasteiger partial charge >= 0.3 is 5.91 Å². The van der Waals surface area contributed by atoms with Gasteiger partial charge in [-0.05, 0) is 51.1 Å². The average Bonchev–Trinajstić information content (AvgIpc) is 3.10. The first kappa shape index (κ1) is 16.5. The minimum atomic E-state index is -0.376. The maximum atomic E-state index is 12.1. The molecule has 0 bridgehead atoms. The van der Waals surface area contributed by atoms with Gasteiger partial charge in [0.15, 0.2) is 5.76 Å². The lowest BCUT2D eigenvalue weighted by Gasteiger charge is -2.08. The number of carbonyl (C=O) groups excluding carboxylic acids is 1. The zero-order chi connectivity index (χ0) is 17.3. The topological polar surface area (TPSA) is 59.5 Å². The number of hydrazone groups is 1. The van der Waals surface area contributed by atoms with Gasteiger partial charge in [-0.2, -0.15) is 5.10 Å². The van der Waals surface area contributed by atoms with Gasteiger partial charge in [0.2, 0.25) is 0 Å². The number of halogens is 1. The van der Waals surface area contributed by atoms with E-state index in [1.54, 1.807) is 12.3 Å². The van der Waals surface area contributed by atoms with Gasteiger partial charge in [-0.25, -0.2) is 5.43 Å². The summed E-state index contributed by atoms with van der Waals surface area (Å²) in [7, 11) is 0. The zero-order valence-electron chi connectivity index (χ0n) is 13.7. The van der Waals surface area contributed by atoms with Crippen LogP contribution < -0.4 is 5.43 Å². The van der Waals surface area contributed by atoms with Crippen molar-refractivity contribution in [3.8, 4) is 0 Å². The molecule has 0 aliphatic rings. The number of hydrogen-bond donors (Lipinski definition) is 1. The number of aryl methyl sites for hydroxylation is 1. The molecule has 0 saturated heterocycles. The smallest absolute Gasteiger partial charge is 0.307 e. The van der Waals surface area contributed by atoms with E-state index >= 15 is 0 Å². The summed E-state index contributed by atoms with van der Waals surface area (Å²) >= 11 is 3.40. The van der Waals surface area contributed by atoms with Gasteiger partial charge in [0.25, 0.3) is 0 Å². The van der Waals surface area contributed by atoms with Crippen molar-refractivity contribution in [2.24, 2.45) is 5.10 Å². The maximum absolute atomic E-state index is 12.1. The van der Waals surface area contributed by atoms with Crippen LogP contribution in [0.25, 0.3) is 11.0 Å². The van der Waals surface area contributed by atoms with Crippen molar-refractivity contribution >= 4 is 39.0 Å².